The van der Waals surface area contributed by atoms with Gasteiger partial charge in [-0.2, -0.15) is 5.10 Å². The van der Waals surface area contributed by atoms with Crippen LogP contribution in [-0.2, 0) is 11.2 Å². The second kappa shape index (κ2) is 14.4. The number of benzene rings is 1. The molecule has 0 amide bonds. The summed E-state index contributed by atoms with van der Waals surface area (Å²) in [4.78, 5) is 4.61. The average Bonchev–Trinajstić information content (AvgIpc) is 3.14. The van der Waals surface area contributed by atoms with Gasteiger partial charge in [0.15, 0.2) is 5.96 Å². The number of ether oxygens (including phenoxy) is 1. The molecule has 1 heterocycles. The third-order valence-corrected chi connectivity index (χ3v) is 3.88. The van der Waals surface area contributed by atoms with E-state index < -0.39 is 0 Å². The van der Waals surface area contributed by atoms with Gasteiger partial charge >= 0.3 is 0 Å². The van der Waals surface area contributed by atoms with Gasteiger partial charge in [-0.25, -0.2) is 4.68 Å². The van der Waals surface area contributed by atoms with E-state index in [1.165, 1.54) is 5.56 Å². The Bertz CT molecular complexity index is 672. The van der Waals surface area contributed by atoms with E-state index in [0.717, 1.165) is 57.3 Å². The molecule has 28 heavy (non-hydrogen) atoms. The number of aromatic nitrogens is 2. The Labute approximate surface area is 186 Å². The number of hydrogen-bond donors (Lipinski definition) is 2. The number of nitrogens with zero attached hydrogens (tertiary/aromatic N) is 3. The minimum atomic E-state index is 0. The first-order valence-electron chi connectivity index (χ1n) is 9.88. The summed E-state index contributed by atoms with van der Waals surface area (Å²) in [6.45, 7) is 10.4. The molecule has 6 nitrogen and oxygen atoms in total. The molecule has 0 unspecified atom stereocenters. The standard InChI is InChI=1S/C21H33N5O.HI/c1-4-22-21(23-12-8-14-27-17-18(2)3)24-13-11-19-15-25-26(16-19)20-9-6-5-7-10-20;/h5-7,9-10,15-16,18H,4,8,11-14,17H2,1-3H3,(H2,22,23,24);1H. The van der Waals surface area contributed by atoms with Crippen LogP contribution in [0, 0.1) is 5.92 Å². The number of hydrogen-bond acceptors (Lipinski definition) is 3. The molecular formula is C21H34IN5O. The Hall–Kier alpha value is -1.61. The van der Waals surface area contributed by atoms with Gasteiger partial charge < -0.3 is 15.4 Å². The third-order valence-electron chi connectivity index (χ3n) is 3.88. The monoisotopic (exact) mass is 499 g/mol. The van der Waals surface area contributed by atoms with Crippen molar-refractivity contribution < 1.29 is 4.74 Å². The molecule has 0 aliphatic heterocycles. The Morgan fingerprint density at radius 1 is 1.21 bits per heavy atom. The van der Waals surface area contributed by atoms with Gasteiger partial charge in [0.05, 0.1) is 11.9 Å². The van der Waals surface area contributed by atoms with E-state index in [1.807, 2.05) is 29.1 Å². The van der Waals surface area contributed by atoms with Crippen molar-refractivity contribution in [3.63, 3.8) is 0 Å². The molecule has 2 aromatic rings. The highest BCUT2D eigenvalue weighted by molar-refractivity contribution is 14.0. The molecule has 0 saturated carbocycles. The van der Waals surface area contributed by atoms with Crippen molar-refractivity contribution in [3.8, 4) is 5.69 Å². The largest absolute Gasteiger partial charge is 0.381 e. The Kier molecular flexibility index (Phi) is 12.6. The summed E-state index contributed by atoms with van der Waals surface area (Å²) in [5.74, 6) is 1.44. The summed E-state index contributed by atoms with van der Waals surface area (Å²) in [5.41, 5.74) is 2.27. The lowest BCUT2D eigenvalue weighted by Crippen LogP contribution is -2.38. The van der Waals surface area contributed by atoms with Crippen molar-refractivity contribution in [1.29, 1.82) is 0 Å². The zero-order valence-electron chi connectivity index (χ0n) is 17.2. The SMILES string of the molecule is CCNC(=NCCCOCC(C)C)NCCc1cnn(-c2ccccc2)c1.I. The molecule has 156 valence electrons. The summed E-state index contributed by atoms with van der Waals surface area (Å²) < 4.78 is 7.50. The van der Waals surface area contributed by atoms with Crippen molar-refractivity contribution in [2.24, 2.45) is 10.9 Å². The van der Waals surface area contributed by atoms with Crippen molar-refractivity contribution in [2.45, 2.75) is 33.6 Å². The van der Waals surface area contributed by atoms with Crippen LogP contribution >= 0.6 is 24.0 Å². The first-order chi connectivity index (χ1) is 13.2. The van der Waals surface area contributed by atoms with Crippen LogP contribution in [0.4, 0.5) is 0 Å². The van der Waals surface area contributed by atoms with Crippen LogP contribution in [0.3, 0.4) is 0 Å². The molecule has 7 heteroatoms. The topological polar surface area (TPSA) is 63.5 Å². The minimum Gasteiger partial charge on any atom is -0.381 e. The van der Waals surface area contributed by atoms with Gasteiger partial charge in [0.25, 0.3) is 0 Å². The molecule has 0 aliphatic rings. The number of nitrogens with one attached hydrogen (secondary N) is 2. The van der Waals surface area contributed by atoms with E-state index in [4.69, 9.17) is 4.74 Å². The van der Waals surface area contributed by atoms with E-state index in [0.29, 0.717) is 5.92 Å². The average molecular weight is 499 g/mol. The summed E-state index contributed by atoms with van der Waals surface area (Å²) in [6, 6.07) is 10.2. The van der Waals surface area contributed by atoms with E-state index in [2.05, 4.69) is 59.8 Å². The fourth-order valence-electron chi connectivity index (χ4n) is 2.55. The van der Waals surface area contributed by atoms with Gasteiger partial charge in [-0.1, -0.05) is 32.0 Å². The van der Waals surface area contributed by atoms with E-state index in [1.54, 1.807) is 0 Å². The van der Waals surface area contributed by atoms with Gasteiger partial charge in [-0.15, -0.1) is 24.0 Å². The summed E-state index contributed by atoms with van der Waals surface area (Å²) >= 11 is 0. The van der Waals surface area contributed by atoms with Gasteiger partial charge in [-0.05, 0) is 43.4 Å². The fraction of sp³-hybridized carbons (Fsp3) is 0.524. The Balaban J connectivity index is 0.00000392. The smallest absolute Gasteiger partial charge is 0.191 e. The zero-order valence-corrected chi connectivity index (χ0v) is 19.6. The highest BCUT2D eigenvalue weighted by atomic mass is 127. The predicted molar refractivity (Wildman–Crippen MR) is 127 cm³/mol. The molecule has 0 radical (unpaired) electrons. The van der Waals surface area contributed by atoms with Crippen molar-refractivity contribution >= 4 is 29.9 Å². The van der Waals surface area contributed by atoms with E-state index >= 15 is 0 Å². The van der Waals surface area contributed by atoms with Crippen molar-refractivity contribution in [1.82, 2.24) is 20.4 Å². The molecule has 0 saturated heterocycles. The molecule has 0 atom stereocenters. The number of halogens is 1. The molecule has 2 rings (SSSR count). The van der Waals surface area contributed by atoms with Crippen LogP contribution < -0.4 is 10.6 Å². The highest BCUT2D eigenvalue weighted by Gasteiger charge is 2.02. The molecular weight excluding hydrogens is 465 g/mol. The molecule has 0 fully saturated rings. The van der Waals surface area contributed by atoms with Crippen LogP contribution in [0.1, 0.15) is 32.8 Å². The highest BCUT2D eigenvalue weighted by Crippen LogP contribution is 2.07. The lowest BCUT2D eigenvalue weighted by molar-refractivity contribution is 0.109. The second-order valence-corrected chi connectivity index (χ2v) is 6.89. The second-order valence-electron chi connectivity index (χ2n) is 6.89. The molecule has 1 aromatic carbocycles. The molecule has 2 N–H and O–H groups in total. The first kappa shape index (κ1) is 24.4. The number of para-hydroxylation sites is 1. The maximum atomic E-state index is 5.60. The summed E-state index contributed by atoms with van der Waals surface area (Å²) in [7, 11) is 0. The van der Waals surface area contributed by atoms with Gasteiger partial charge in [-0.3, -0.25) is 4.99 Å². The maximum Gasteiger partial charge on any atom is 0.191 e. The Morgan fingerprint density at radius 2 is 2.00 bits per heavy atom. The maximum absolute atomic E-state index is 5.60. The number of rotatable bonds is 11. The van der Waals surface area contributed by atoms with Crippen LogP contribution in [0.15, 0.2) is 47.7 Å². The quantitative estimate of drug-likeness (QED) is 0.215. The minimum absolute atomic E-state index is 0. The van der Waals surface area contributed by atoms with Crippen LogP contribution in [0.5, 0.6) is 0 Å². The van der Waals surface area contributed by atoms with E-state index in [-0.39, 0.29) is 24.0 Å². The summed E-state index contributed by atoms with van der Waals surface area (Å²) in [5, 5.41) is 11.1. The van der Waals surface area contributed by atoms with Crippen LogP contribution in [0.2, 0.25) is 0 Å². The lowest BCUT2D eigenvalue weighted by Gasteiger charge is -2.11. The van der Waals surface area contributed by atoms with Crippen LogP contribution in [0.25, 0.3) is 5.69 Å². The van der Waals surface area contributed by atoms with Crippen molar-refractivity contribution in [3.05, 3.63) is 48.3 Å². The third kappa shape index (κ3) is 9.54. The van der Waals surface area contributed by atoms with Gasteiger partial charge in [0, 0.05) is 39.0 Å². The zero-order chi connectivity index (χ0) is 19.3. The molecule has 0 bridgehead atoms. The molecule has 1 aromatic heterocycles. The van der Waals surface area contributed by atoms with Crippen LogP contribution in [-0.4, -0.2) is 48.6 Å². The summed E-state index contributed by atoms with van der Waals surface area (Å²) in [6.07, 6.45) is 5.83. The lowest BCUT2D eigenvalue weighted by atomic mass is 10.2. The molecule has 0 aliphatic carbocycles. The predicted octanol–water partition coefficient (Wildman–Crippen LogP) is 3.65. The first-order valence-corrected chi connectivity index (χ1v) is 9.88. The normalized spacial score (nSPS) is 11.4. The van der Waals surface area contributed by atoms with Gasteiger partial charge in [0.2, 0.25) is 0 Å². The molecule has 0 spiro atoms. The van der Waals surface area contributed by atoms with E-state index in [9.17, 15) is 0 Å². The Morgan fingerprint density at radius 3 is 2.71 bits per heavy atom. The van der Waals surface area contributed by atoms with Crippen molar-refractivity contribution in [2.75, 3.05) is 32.8 Å². The number of guanidine groups is 1. The number of aliphatic imine (C=N–C) groups is 1. The fourth-order valence-corrected chi connectivity index (χ4v) is 2.55. The van der Waals surface area contributed by atoms with Gasteiger partial charge in [0.1, 0.15) is 0 Å².